The summed E-state index contributed by atoms with van der Waals surface area (Å²) in [6, 6.07) is 9.22. The summed E-state index contributed by atoms with van der Waals surface area (Å²) in [7, 11) is 0. The lowest BCUT2D eigenvalue weighted by Gasteiger charge is -2.09. The summed E-state index contributed by atoms with van der Waals surface area (Å²) in [5.41, 5.74) is 2.47. The van der Waals surface area contributed by atoms with Crippen LogP contribution in [0.2, 0.25) is 0 Å². The van der Waals surface area contributed by atoms with Crippen LogP contribution in [0.1, 0.15) is 32.3 Å². The lowest BCUT2D eigenvalue weighted by Crippen LogP contribution is -2.04. The van der Waals surface area contributed by atoms with Gasteiger partial charge in [0.25, 0.3) is 0 Å². The van der Waals surface area contributed by atoms with Gasteiger partial charge in [-0.3, -0.25) is 0 Å². The fourth-order valence-electron chi connectivity index (χ4n) is 1.48. The zero-order chi connectivity index (χ0) is 10.7. The molecule has 0 amide bonds. The third kappa shape index (κ3) is 3.56. The van der Waals surface area contributed by atoms with Gasteiger partial charge in [0.1, 0.15) is 0 Å². The van der Waals surface area contributed by atoms with E-state index in [-0.39, 0.29) is 0 Å². The van der Waals surface area contributed by atoms with Crippen molar-refractivity contribution in [2.45, 2.75) is 45.4 Å². The van der Waals surface area contributed by atoms with E-state index in [1.807, 2.05) is 0 Å². The second kappa shape index (κ2) is 4.67. The van der Waals surface area contributed by atoms with Crippen molar-refractivity contribution in [2.24, 2.45) is 0 Å². The minimum atomic E-state index is 0.296. The summed E-state index contributed by atoms with van der Waals surface area (Å²) in [6.45, 7) is 4.83. The maximum absolute atomic E-state index is 5.58. The molecule has 1 saturated carbocycles. The predicted octanol–water partition coefficient (Wildman–Crippen LogP) is 3.19. The first-order valence-electron chi connectivity index (χ1n) is 5.71. The Morgan fingerprint density at radius 2 is 2.20 bits per heavy atom. The molecule has 1 aliphatic carbocycles. The van der Waals surface area contributed by atoms with E-state index in [1.165, 1.54) is 24.1 Å². The number of anilines is 1. The molecule has 0 atom stereocenters. The van der Waals surface area contributed by atoms with Crippen LogP contribution in [0.15, 0.2) is 24.3 Å². The SMILES string of the molecule is CC(C)OCc1cccc(NC2CC2)c1. The first kappa shape index (κ1) is 10.5. The topological polar surface area (TPSA) is 21.3 Å². The Hall–Kier alpha value is -1.02. The molecule has 0 spiro atoms. The largest absolute Gasteiger partial charge is 0.382 e. The Morgan fingerprint density at radius 3 is 2.87 bits per heavy atom. The molecule has 0 radical (unpaired) electrons. The molecule has 0 aliphatic heterocycles. The first-order valence-corrected chi connectivity index (χ1v) is 5.71. The van der Waals surface area contributed by atoms with E-state index in [9.17, 15) is 0 Å². The zero-order valence-corrected chi connectivity index (χ0v) is 9.49. The molecule has 15 heavy (non-hydrogen) atoms. The van der Waals surface area contributed by atoms with E-state index in [4.69, 9.17) is 4.74 Å². The van der Waals surface area contributed by atoms with Gasteiger partial charge < -0.3 is 10.1 Å². The van der Waals surface area contributed by atoms with Gasteiger partial charge in [0.2, 0.25) is 0 Å². The van der Waals surface area contributed by atoms with E-state index in [1.54, 1.807) is 0 Å². The number of hydrogen-bond acceptors (Lipinski definition) is 2. The summed E-state index contributed by atoms with van der Waals surface area (Å²) in [6.07, 6.45) is 2.92. The number of rotatable bonds is 5. The Bertz CT molecular complexity index is 318. The van der Waals surface area contributed by atoms with Gasteiger partial charge in [-0.25, -0.2) is 0 Å². The smallest absolute Gasteiger partial charge is 0.0721 e. The Labute approximate surface area is 91.6 Å². The van der Waals surface area contributed by atoms with Gasteiger partial charge in [-0.05, 0) is 44.4 Å². The van der Waals surface area contributed by atoms with Crippen molar-refractivity contribution in [2.75, 3.05) is 5.32 Å². The highest BCUT2D eigenvalue weighted by atomic mass is 16.5. The molecule has 0 bridgehead atoms. The monoisotopic (exact) mass is 205 g/mol. The van der Waals surface area contributed by atoms with Crippen molar-refractivity contribution in [3.05, 3.63) is 29.8 Å². The summed E-state index contributed by atoms with van der Waals surface area (Å²) >= 11 is 0. The number of nitrogens with one attached hydrogen (secondary N) is 1. The fourth-order valence-corrected chi connectivity index (χ4v) is 1.48. The van der Waals surface area contributed by atoms with Gasteiger partial charge in [-0.15, -0.1) is 0 Å². The second-order valence-corrected chi connectivity index (χ2v) is 4.48. The Balaban J connectivity index is 1.92. The molecule has 1 fully saturated rings. The lowest BCUT2D eigenvalue weighted by atomic mass is 10.2. The van der Waals surface area contributed by atoms with Crippen LogP contribution in [0, 0.1) is 0 Å². The molecule has 1 N–H and O–H groups in total. The quantitative estimate of drug-likeness (QED) is 0.797. The number of ether oxygens (including phenoxy) is 1. The molecule has 0 unspecified atom stereocenters. The first-order chi connectivity index (χ1) is 7.24. The minimum absolute atomic E-state index is 0.296. The van der Waals surface area contributed by atoms with Crippen LogP contribution in [0.3, 0.4) is 0 Å². The van der Waals surface area contributed by atoms with Crippen LogP contribution in [0.5, 0.6) is 0 Å². The molecule has 2 rings (SSSR count). The fraction of sp³-hybridized carbons (Fsp3) is 0.538. The van der Waals surface area contributed by atoms with Gasteiger partial charge in [-0.2, -0.15) is 0 Å². The number of hydrogen-bond donors (Lipinski definition) is 1. The van der Waals surface area contributed by atoms with Crippen LogP contribution in [-0.4, -0.2) is 12.1 Å². The van der Waals surface area contributed by atoms with Crippen LogP contribution in [0.4, 0.5) is 5.69 Å². The average molecular weight is 205 g/mol. The maximum atomic E-state index is 5.58. The molecule has 0 heterocycles. The highest BCUT2D eigenvalue weighted by molar-refractivity contribution is 5.47. The minimum Gasteiger partial charge on any atom is -0.382 e. The van der Waals surface area contributed by atoms with Crippen molar-refractivity contribution in [1.29, 1.82) is 0 Å². The molecule has 0 saturated heterocycles. The van der Waals surface area contributed by atoms with Crippen LogP contribution >= 0.6 is 0 Å². The molecule has 1 aromatic rings. The van der Waals surface area contributed by atoms with Crippen molar-refractivity contribution < 1.29 is 4.74 Å². The van der Waals surface area contributed by atoms with E-state index >= 15 is 0 Å². The van der Waals surface area contributed by atoms with E-state index < -0.39 is 0 Å². The maximum Gasteiger partial charge on any atom is 0.0721 e. The van der Waals surface area contributed by atoms with Gasteiger partial charge in [0.15, 0.2) is 0 Å². The van der Waals surface area contributed by atoms with Crippen LogP contribution in [-0.2, 0) is 11.3 Å². The number of benzene rings is 1. The van der Waals surface area contributed by atoms with Gasteiger partial charge in [0, 0.05) is 11.7 Å². The van der Waals surface area contributed by atoms with Gasteiger partial charge in [-0.1, -0.05) is 12.1 Å². The lowest BCUT2D eigenvalue weighted by molar-refractivity contribution is 0.0657. The third-order valence-corrected chi connectivity index (χ3v) is 2.46. The van der Waals surface area contributed by atoms with Gasteiger partial charge >= 0.3 is 0 Å². The highest BCUT2D eigenvalue weighted by Gasteiger charge is 2.20. The van der Waals surface area contributed by atoms with E-state index in [2.05, 4.69) is 43.4 Å². The molecule has 2 nitrogen and oxygen atoms in total. The molecule has 1 aromatic carbocycles. The molecule has 2 heteroatoms. The molecule has 1 aliphatic rings. The van der Waals surface area contributed by atoms with Crippen molar-refractivity contribution in [3.63, 3.8) is 0 Å². The molecular formula is C13H19NO. The van der Waals surface area contributed by atoms with Crippen LogP contribution < -0.4 is 5.32 Å². The normalized spacial score (nSPS) is 15.7. The predicted molar refractivity (Wildman–Crippen MR) is 63.0 cm³/mol. The summed E-state index contributed by atoms with van der Waals surface area (Å²) in [5, 5.41) is 3.49. The average Bonchev–Trinajstić information content (AvgIpc) is 2.99. The van der Waals surface area contributed by atoms with Crippen molar-refractivity contribution in [3.8, 4) is 0 Å². The second-order valence-electron chi connectivity index (χ2n) is 4.48. The van der Waals surface area contributed by atoms with Gasteiger partial charge in [0.05, 0.1) is 12.7 Å². The molecule has 82 valence electrons. The van der Waals surface area contributed by atoms with E-state index in [0.717, 1.165) is 0 Å². The molecule has 0 aromatic heterocycles. The van der Waals surface area contributed by atoms with Crippen molar-refractivity contribution in [1.82, 2.24) is 0 Å². The standard InChI is InChI=1S/C13H19NO/c1-10(2)15-9-11-4-3-5-13(8-11)14-12-6-7-12/h3-5,8,10,12,14H,6-7,9H2,1-2H3. The van der Waals surface area contributed by atoms with E-state index in [0.29, 0.717) is 18.8 Å². The molecular weight excluding hydrogens is 186 g/mol. The Morgan fingerprint density at radius 1 is 1.40 bits per heavy atom. The highest BCUT2D eigenvalue weighted by Crippen LogP contribution is 2.25. The summed E-state index contributed by atoms with van der Waals surface area (Å²) < 4.78 is 5.58. The zero-order valence-electron chi connectivity index (χ0n) is 9.49. The summed E-state index contributed by atoms with van der Waals surface area (Å²) in [5.74, 6) is 0. The van der Waals surface area contributed by atoms with Crippen molar-refractivity contribution >= 4 is 5.69 Å². The Kier molecular flexibility index (Phi) is 3.27. The summed E-state index contributed by atoms with van der Waals surface area (Å²) in [4.78, 5) is 0. The van der Waals surface area contributed by atoms with Crippen LogP contribution in [0.25, 0.3) is 0 Å². The third-order valence-electron chi connectivity index (χ3n) is 2.46.